The molecule has 0 bridgehead atoms. The van der Waals surface area contributed by atoms with Crippen LogP contribution in [-0.4, -0.2) is 70.7 Å². The highest BCUT2D eigenvalue weighted by Gasteiger charge is 2.27. The first-order chi connectivity index (χ1) is 8.61. The highest BCUT2D eigenvalue weighted by atomic mass is 28.4. The van der Waals surface area contributed by atoms with Gasteiger partial charge in [0.1, 0.15) is 0 Å². The van der Waals surface area contributed by atoms with E-state index in [2.05, 4.69) is 11.4 Å². The predicted octanol–water partition coefficient (Wildman–Crippen LogP) is 0.808. The molecule has 0 spiro atoms. The Kier molecular flexibility index (Phi) is 10.9. The summed E-state index contributed by atoms with van der Waals surface area (Å²) in [6.45, 7) is 5.24. The van der Waals surface area contributed by atoms with E-state index >= 15 is 0 Å². The van der Waals surface area contributed by atoms with Crippen LogP contribution in [0.2, 0.25) is 12.6 Å². The normalized spacial score (nSPS) is 12.3. The summed E-state index contributed by atoms with van der Waals surface area (Å²) in [5.41, 5.74) is 0. The Hall–Kier alpha value is 0.0169. The number of rotatable bonds is 12. The molecule has 2 N–H and O–H groups in total. The molecule has 0 amide bonds. The topological polar surface area (TPSA) is 62.2 Å². The largest absolute Gasteiger partial charge is 0.398 e. The molecule has 0 fully saturated rings. The summed E-state index contributed by atoms with van der Waals surface area (Å²) < 4.78 is 10.9. The van der Waals surface area contributed by atoms with Gasteiger partial charge in [-0.25, -0.2) is 0 Å². The van der Waals surface area contributed by atoms with Crippen LogP contribution < -0.4 is 0 Å². The third-order valence-corrected chi connectivity index (χ3v) is 6.22. The summed E-state index contributed by atoms with van der Waals surface area (Å²) in [5.74, 6) is 0. The summed E-state index contributed by atoms with van der Waals surface area (Å²) in [5, 5.41) is 17.7. The van der Waals surface area contributed by atoms with Crippen LogP contribution in [0.3, 0.4) is 0 Å². The summed E-state index contributed by atoms with van der Waals surface area (Å²) in [6, 6.07) is 0.967. The molecule has 5 nitrogen and oxygen atoms in total. The van der Waals surface area contributed by atoms with Gasteiger partial charge in [-0.3, -0.25) is 0 Å². The second-order valence-electron chi connectivity index (χ2n) is 4.64. The minimum absolute atomic E-state index is 0.220. The van der Waals surface area contributed by atoms with Crippen LogP contribution in [-0.2, 0) is 8.85 Å². The molecule has 0 aromatic carbocycles. The Morgan fingerprint density at radius 3 is 1.72 bits per heavy atom. The zero-order valence-electron chi connectivity index (χ0n) is 12.0. The fourth-order valence-electron chi connectivity index (χ4n) is 1.84. The van der Waals surface area contributed by atoms with Gasteiger partial charge in [0.05, 0.1) is 0 Å². The summed E-state index contributed by atoms with van der Waals surface area (Å²) in [7, 11) is 1.47. The molecule has 6 heteroatoms. The SMILES string of the molecule is CO[Si](C)(CCCN(CCCO)CCCO)OC. The molecule has 18 heavy (non-hydrogen) atoms. The van der Waals surface area contributed by atoms with Crippen LogP contribution in [0.15, 0.2) is 0 Å². The number of aliphatic hydroxyl groups is 2. The van der Waals surface area contributed by atoms with Crippen molar-refractivity contribution in [3.8, 4) is 0 Å². The lowest BCUT2D eigenvalue weighted by Crippen LogP contribution is -2.37. The van der Waals surface area contributed by atoms with E-state index in [1.165, 1.54) is 0 Å². The minimum Gasteiger partial charge on any atom is -0.398 e. The van der Waals surface area contributed by atoms with Gasteiger partial charge in [-0.05, 0) is 38.4 Å². The van der Waals surface area contributed by atoms with Gasteiger partial charge in [-0.15, -0.1) is 0 Å². The number of hydrogen-bond donors (Lipinski definition) is 2. The lowest BCUT2D eigenvalue weighted by atomic mass is 10.3. The molecule has 0 saturated carbocycles. The summed E-state index contributed by atoms with van der Waals surface area (Å²) in [4.78, 5) is 2.28. The summed E-state index contributed by atoms with van der Waals surface area (Å²) in [6.07, 6.45) is 2.60. The van der Waals surface area contributed by atoms with Gasteiger partial charge >= 0.3 is 8.56 Å². The van der Waals surface area contributed by atoms with Crippen LogP contribution in [0.4, 0.5) is 0 Å². The molecular weight excluding hydrogens is 250 g/mol. The molecule has 0 radical (unpaired) electrons. The molecule has 0 aliphatic heterocycles. The molecule has 0 heterocycles. The van der Waals surface area contributed by atoms with E-state index in [1.54, 1.807) is 14.2 Å². The second kappa shape index (κ2) is 10.9. The molecule has 0 aromatic rings. The number of aliphatic hydroxyl groups excluding tert-OH is 2. The molecule has 0 aromatic heterocycles. The lowest BCUT2D eigenvalue weighted by Gasteiger charge is -2.26. The Balaban J connectivity index is 3.93. The van der Waals surface area contributed by atoms with Crippen LogP contribution >= 0.6 is 0 Å². The number of hydrogen-bond acceptors (Lipinski definition) is 5. The zero-order chi connectivity index (χ0) is 13.9. The molecule has 0 unspecified atom stereocenters. The average molecular weight is 279 g/mol. The van der Waals surface area contributed by atoms with Gasteiger partial charge in [-0.1, -0.05) is 0 Å². The van der Waals surface area contributed by atoms with E-state index in [4.69, 9.17) is 19.1 Å². The van der Waals surface area contributed by atoms with Gasteiger partial charge < -0.3 is 24.0 Å². The van der Waals surface area contributed by atoms with Crippen molar-refractivity contribution in [1.29, 1.82) is 0 Å². The van der Waals surface area contributed by atoms with Crippen molar-refractivity contribution in [2.75, 3.05) is 47.1 Å². The monoisotopic (exact) mass is 279 g/mol. The maximum absolute atomic E-state index is 8.86. The van der Waals surface area contributed by atoms with Crippen LogP contribution in [0.1, 0.15) is 19.3 Å². The van der Waals surface area contributed by atoms with Gasteiger partial charge in [0.2, 0.25) is 0 Å². The van der Waals surface area contributed by atoms with Gasteiger partial charge in [0.15, 0.2) is 0 Å². The summed E-state index contributed by atoms with van der Waals surface area (Å²) >= 11 is 0. The molecule has 110 valence electrons. The zero-order valence-corrected chi connectivity index (χ0v) is 13.0. The van der Waals surface area contributed by atoms with Crippen molar-refractivity contribution in [3.63, 3.8) is 0 Å². The molecule has 0 aliphatic carbocycles. The smallest absolute Gasteiger partial charge is 0.334 e. The van der Waals surface area contributed by atoms with E-state index in [9.17, 15) is 0 Å². The van der Waals surface area contributed by atoms with Gasteiger partial charge in [0, 0.05) is 40.5 Å². The molecular formula is C12H29NO4Si. The highest BCUT2D eigenvalue weighted by Crippen LogP contribution is 2.14. The van der Waals surface area contributed by atoms with E-state index in [1.807, 2.05) is 0 Å². The van der Waals surface area contributed by atoms with E-state index in [0.717, 1.165) is 44.9 Å². The highest BCUT2D eigenvalue weighted by molar-refractivity contribution is 6.65. The second-order valence-corrected chi connectivity index (χ2v) is 8.23. The van der Waals surface area contributed by atoms with Crippen LogP contribution in [0.5, 0.6) is 0 Å². The Labute approximate surface area is 112 Å². The first kappa shape index (κ1) is 18.0. The third kappa shape index (κ3) is 8.18. The number of nitrogens with zero attached hydrogens (tertiary/aromatic N) is 1. The molecule has 0 atom stereocenters. The van der Waals surface area contributed by atoms with Gasteiger partial charge in [-0.2, -0.15) is 0 Å². The van der Waals surface area contributed by atoms with E-state index in [-0.39, 0.29) is 13.2 Å². The van der Waals surface area contributed by atoms with Crippen LogP contribution in [0.25, 0.3) is 0 Å². The van der Waals surface area contributed by atoms with Crippen molar-refractivity contribution in [3.05, 3.63) is 0 Å². The van der Waals surface area contributed by atoms with Gasteiger partial charge in [0.25, 0.3) is 0 Å². The third-order valence-electron chi connectivity index (χ3n) is 3.23. The first-order valence-electron chi connectivity index (χ1n) is 6.66. The molecule has 0 rings (SSSR count). The fourth-order valence-corrected chi connectivity index (χ4v) is 3.21. The lowest BCUT2D eigenvalue weighted by molar-refractivity contribution is 0.198. The van der Waals surface area contributed by atoms with Crippen molar-refractivity contribution in [2.24, 2.45) is 0 Å². The maximum Gasteiger partial charge on any atom is 0.334 e. The Morgan fingerprint density at radius 1 is 0.889 bits per heavy atom. The van der Waals surface area contributed by atoms with Crippen molar-refractivity contribution >= 4 is 8.56 Å². The average Bonchev–Trinajstić information content (AvgIpc) is 2.40. The van der Waals surface area contributed by atoms with E-state index < -0.39 is 8.56 Å². The molecule has 0 aliphatic rings. The van der Waals surface area contributed by atoms with Crippen molar-refractivity contribution in [1.82, 2.24) is 4.90 Å². The first-order valence-corrected chi connectivity index (χ1v) is 9.18. The fraction of sp³-hybridized carbons (Fsp3) is 1.00. The Bertz CT molecular complexity index is 183. The standard InChI is InChI=1S/C12H29NO4Si/c1-16-18(3,17-2)12-6-9-13(7-4-10-14)8-5-11-15/h14-15H,4-12H2,1-3H3. The van der Waals surface area contributed by atoms with Crippen molar-refractivity contribution in [2.45, 2.75) is 31.9 Å². The minimum atomic E-state index is -1.95. The molecule has 0 saturated heterocycles. The maximum atomic E-state index is 8.86. The van der Waals surface area contributed by atoms with E-state index in [0.29, 0.717) is 0 Å². The Morgan fingerprint density at radius 2 is 1.33 bits per heavy atom. The van der Waals surface area contributed by atoms with Crippen LogP contribution in [0, 0.1) is 0 Å². The van der Waals surface area contributed by atoms with Crippen molar-refractivity contribution < 1.29 is 19.1 Å². The quantitative estimate of drug-likeness (QED) is 0.518. The predicted molar refractivity (Wildman–Crippen MR) is 74.9 cm³/mol.